The molecule has 0 aliphatic carbocycles. The molecule has 0 aliphatic rings. The summed E-state index contributed by atoms with van der Waals surface area (Å²) in [6.45, 7) is 1.82. The van der Waals surface area contributed by atoms with Crippen molar-refractivity contribution in [2.75, 3.05) is 27.9 Å². The van der Waals surface area contributed by atoms with Gasteiger partial charge >= 0.3 is 5.97 Å². The van der Waals surface area contributed by atoms with Crippen molar-refractivity contribution in [3.8, 4) is 17.2 Å². The molecule has 23 heavy (non-hydrogen) atoms. The largest absolute Gasteiger partial charge is 0.493 e. The van der Waals surface area contributed by atoms with Gasteiger partial charge < -0.3 is 18.9 Å². The van der Waals surface area contributed by atoms with Gasteiger partial charge in [-0.2, -0.15) is 0 Å². The number of carbonyl (C=O) groups excluding carboxylic acids is 3. The number of rotatable bonds is 9. The van der Waals surface area contributed by atoms with Gasteiger partial charge in [0.25, 0.3) is 0 Å². The van der Waals surface area contributed by atoms with Crippen LogP contribution in [0, 0.1) is 0 Å². The predicted octanol–water partition coefficient (Wildman–Crippen LogP) is 1.81. The van der Waals surface area contributed by atoms with Crippen molar-refractivity contribution < 1.29 is 33.3 Å². The lowest BCUT2D eigenvalue weighted by atomic mass is 10.0. The molecule has 7 heteroatoms. The van der Waals surface area contributed by atoms with E-state index in [1.54, 1.807) is 13.0 Å². The Bertz CT molecular complexity index is 592. The Morgan fingerprint density at radius 2 is 1.57 bits per heavy atom. The van der Waals surface area contributed by atoms with Crippen LogP contribution in [0.2, 0.25) is 0 Å². The van der Waals surface area contributed by atoms with Gasteiger partial charge in [0.1, 0.15) is 6.42 Å². The lowest BCUT2D eigenvalue weighted by molar-refractivity contribution is -0.145. The highest BCUT2D eigenvalue weighted by atomic mass is 16.5. The maximum absolute atomic E-state index is 12.3. The molecule has 0 spiro atoms. The predicted molar refractivity (Wildman–Crippen MR) is 81.3 cm³/mol. The number of hydrogen-bond donors (Lipinski definition) is 0. The summed E-state index contributed by atoms with van der Waals surface area (Å²) in [6.07, 6.45) is -0.861. The summed E-state index contributed by atoms with van der Waals surface area (Å²) in [5, 5.41) is 0. The summed E-state index contributed by atoms with van der Waals surface area (Å²) < 4.78 is 20.2. The molecule has 0 amide bonds. The number of Topliss-reactive ketones (excluding diaryl/α,β-unsaturated/α-hetero) is 2. The zero-order valence-corrected chi connectivity index (χ0v) is 13.6. The van der Waals surface area contributed by atoms with Gasteiger partial charge in [0.15, 0.2) is 23.1 Å². The molecule has 1 aromatic rings. The van der Waals surface area contributed by atoms with Crippen molar-refractivity contribution >= 4 is 17.5 Å². The standard InChI is InChI=1S/C16H20O7/c1-5-23-14(19)9-10(17)8-12(18)11-6-7-13(20-2)16(22-4)15(11)21-3/h6-7H,5,8-9H2,1-4H3. The fourth-order valence-corrected chi connectivity index (χ4v) is 2.03. The molecular formula is C16H20O7. The van der Waals surface area contributed by atoms with Crippen LogP contribution in [-0.4, -0.2) is 45.5 Å². The topological polar surface area (TPSA) is 88.1 Å². The molecule has 1 rings (SSSR count). The molecule has 0 radical (unpaired) electrons. The Hall–Kier alpha value is -2.57. The Labute approximate surface area is 134 Å². The first-order valence-corrected chi connectivity index (χ1v) is 6.97. The summed E-state index contributed by atoms with van der Waals surface area (Å²) >= 11 is 0. The first-order chi connectivity index (χ1) is 11.0. The van der Waals surface area contributed by atoms with Gasteiger partial charge in [-0.05, 0) is 19.1 Å². The van der Waals surface area contributed by atoms with Crippen LogP contribution >= 0.6 is 0 Å². The van der Waals surface area contributed by atoms with E-state index >= 15 is 0 Å². The molecule has 0 bridgehead atoms. The van der Waals surface area contributed by atoms with E-state index in [0.29, 0.717) is 5.75 Å². The molecule has 1 aromatic carbocycles. The highest BCUT2D eigenvalue weighted by Gasteiger charge is 2.23. The minimum atomic E-state index is -0.649. The summed E-state index contributed by atoms with van der Waals surface area (Å²) in [5.74, 6) is -0.801. The van der Waals surface area contributed by atoms with Crippen LogP contribution in [0.5, 0.6) is 17.2 Å². The average molecular weight is 324 g/mol. The zero-order valence-electron chi connectivity index (χ0n) is 13.6. The van der Waals surface area contributed by atoms with Crippen molar-refractivity contribution in [2.24, 2.45) is 0 Å². The minimum absolute atomic E-state index is 0.181. The third kappa shape index (κ3) is 4.70. The molecule has 0 aromatic heterocycles. The minimum Gasteiger partial charge on any atom is -0.493 e. The molecule has 0 aliphatic heterocycles. The summed E-state index contributed by atoms with van der Waals surface area (Å²) in [6, 6.07) is 3.03. The quantitative estimate of drug-likeness (QED) is 0.389. The van der Waals surface area contributed by atoms with Gasteiger partial charge in [-0.3, -0.25) is 14.4 Å². The Morgan fingerprint density at radius 3 is 2.09 bits per heavy atom. The second-order valence-electron chi connectivity index (χ2n) is 4.50. The molecule has 0 fully saturated rings. The van der Waals surface area contributed by atoms with E-state index in [9.17, 15) is 14.4 Å². The van der Waals surface area contributed by atoms with Crippen molar-refractivity contribution in [3.05, 3.63) is 17.7 Å². The fraction of sp³-hybridized carbons (Fsp3) is 0.438. The molecule has 7 nitrogen and oxygen atoms in total. The molecule has 0 heterocycles. The van der Waals surface area contributed by atoms with E-state index in [-0.39, 0.29) is 23.7 Å². The zero-order chi connectivity index (χ0) is 17.4. The van der Waals surface area contributed by atoms with E-state index < -0.39 is 30.4 Å². The van der Waals surface area contributed by atoms with Crippen LogP contribution in [0.25, 0.3) is 0 Å². The highest BCUT2D eigenvalue weighted by Crippen LogP contribution is 2.40. The summed E-state index contributed by atoms with van der Waals surface area (Å²) in [4.78, 5) is 35.3. The third-order valence-electron chi connectivity index (χ3n) is 3.01. The van der Waals surface area contributed by atoms with Gasteiger partial charge in [0, 0.05) is 0 Å². The molecule has 0 atom stereocenters. The molecule has 0 N–H and O–H groups in total. The van der Waals surface area contributed by atoms with Crippen LogP contribution in [0.15, 0.2) is 12.1 Å². The van der Waals surface area contributed by atoms with Gasteiger partial charge in [0.05, 0.1) is 39.9 Å². The maximum Gasteiger partial charge on any atom is 0.313 e. The summed E-state index contributed by atoms with van der Waals surface area (Å²) in [7, 11) is 4.26. The summed E-state index contributed by atoms with van der Waals surface area (Å²) in [5.41, 5.74) is 0.183. The van der Waals surface area contributed by atoms with Crippen LogP contribution in [0.3, 0.4) is 0 Å². The Morgan fingerprint density at radius 1 is 0.913 bits per heavy atom. The first kappa shape index (κ1) is 18.5. The number of esters is 1. The van der Waals surface area contributed by atoms with E-state index in [1.807, 2.05) is 0 Å². The van der Waals surface area contributed by atoms with Gasteiger partial charge in [0.2, 0.25) is 5.75 Å². The number of benzene rings is 1. The number of ether oxygens (including phenoxy) is 4. The third-order valence-corrected chi connectivity index (χ3v) is 3.01. The van der Waals surface area contributed by atoms with Crippen molar-refractivity contribution in [2.45, 2.75) is 19.8 Å². The van der Waals surface area contributed by atoms with Gasteiger partial charge in [-0.25, -0.2) is 0 Å². The highest BCUT2D eigenvalue weighted by molar-refractivity contribution is 6.12. The fourth-order valence-electron chi connectivity index (χ4n) is 2.03. The Kier molecular flexibility index (Phi) is 7.05. The maximum atomic E-state index is 12.3. The molecule has 0 saturated carbocycles. The average Bonchev–Trinajstić information content (AvgIpc) is 2.52. The van der Waals surface area contributed by atoms with E-state index in [4.69, 9.17) is 14.2 Å². The lowest BCUT2D eigenvalue weighted by Gasteiger charge is -2.14. The van der Waals surface area contributed by atoms with Crippen molar-refractivity contribution in [1.29, 1.82) is 0 Å². The van der Waals surface area contributed by atoms with E-state index in [1.165, 1.54) is 27.4 Å². The van der Waals surface area contributed by atoms with E-state index in [0.717, 1.165) is 0 Å². The number of carbonyl (C=O) groups is 3. The molecular weight excluding hydrogens is 304 g/mol. The molecule has 0 unspecified atom stereocenters. The van der Waals surface area contributed by atoms with Crippen LogP contribution in [-0.2, 0) is 14.3 Å². The first-order valence-electron chi connectivity index (χ1n) is 6.97. The van der Waals surface area contributed by atoms with Crippen molar-refractivity contribution in [1.82, 2.24) is 0 Å². The number of hydrogen-bond acceptors (Lipinski definition) is 7. The smallest absolute Gasteiger partial charge is 0.313 e. The van der Waals surface area contributed by atoms with Crippen LogP contribution in [0.1, 0.15) is 30.1 Å². The van der Waals surface area contributed by atoms with Crippen LogP contribution < -0.4 is 14.2 Å². The lowest BCUT2D eigenvalue weighted by Crippen LogP contribution is -2.15. The van der Waals surface area contributed by atoms with Gasteiger partial charge in [-0.1, -0.05) is 0 Å². The number of ketones is 2. The molecule has 0 saturated heterocycles. The van der Waals surface area contributed by atoms with E-state index in [2.05, 4.69) is 4.74 Å². The Balaban J connectivity index is 2.96. The van der Waals surface area contributed by atoms with Crippen LogP contribution in [0.4, 0.5) is 0 Å². The molecule has 126 valence electrons. The monoisotopic (exact) mass is 324 g/mol. The second-order valence-corrected chi connectivity index (χ2v) is 4.50. The SMILES string of the molecule is CCOC(=O)CC(=O)CC(=O)c1ccc(OC)c(OC)c1OC. The second kappa shape index (κ2) is 8.77. The number of methoxy groups -OCH3 is 3. The van der Waals surface area contributed by atoms with Crippen molar-refractivity contribution in [3.63, 3.8) is 0 Å². The van der Waals surface area contributed by atoms with Gasteiger partial charge in [-0.15, -0.1) is 0 Å². The normalized spacial score (nSPS) is 9.91.